The molecule has 0 saturated heterocycles. The van der Waals surface area contributed by atoms with Crippen LogP contribution in [0.2, 0.25) is 0 Å². The van der Waals surface area contributed by atoms with E-state index in [1.165, 1.54) is 0 Å². The highest BCUT2D eigenvalue weighted by Crippen LogP contribution is 2.09. The highest BCUT2D eigenvalue weighted by Gasteiger charge is 2.31. The van der Waals surface area contributed by atoms with E-state index >= 15 is 0 Å². The fraction of sp³-hybridized carbons (Fsp3) is 0.727. The predicted molar refractivity (Wildman–Crippen MR) is 136 cm³/mol. The largest absolute Gasteiger partial charge is 0.481 e. The van der Waals surface area contributed by atoms with Gasteiger partial charge in [0.2, 0.25) is 17.7 Å². The van der Waals surface area contributed by atoms with Gasteiger partial charge in [0.05, 0.1) is 12.5 Å². The number of carbonyl (C=O) groups excluding carboxylic acids is 3. The summed E-state index contributed by atoms with van der Waals surface area (Å²) >= 11 is 0. The van der Waals surface area contributed by atoms with Gasteiger partial charge < -0.3 is 49.1 Å². The highest BCUT2D eigenvalue weighted by molar-refractivity contribution is 5.94. The Balaban J connectivity index is 5.58. The van der Waals surface area contributed by atoms with Gasteiger partial charge >= 0.3 is 11.9 Å². The minimum absolute atomic E-state index is 0.0929. The van der Waals surface area contributed by atoms with Gasteiger partial charge in [0, 0.05) is 6.54 Å². The van der Waals surface area contributed by atoms with E-state index in [0.29, 0.717) is 32.2 Å². The third-order valence-electron chi connectivity index (χ3n) is 5.22. The first-order valence-corrected chi connectivity index (χ1v) is 12.1. The average molecular weight is 531 g/mol. The second-order valence-corrected chi connectivity index (χ2v) is 9.09. The number of aliphatic imine (C=N–C) groups is 1. The zero-order chi connectivity index (χ0) is 28.5. The summed E-state index contributed by atoms with van der Waals surface area (Å²) in [6.45, 7) is 4.22. The molecule has 0 radical (unpaired) electrons. The number of hydrogen-bond acceptors (Lipinski definition) is 8. The Morgan fingerprint density at radius 3 is 1.89 bits per heavy atom. The van der Waals surface area contributed by atoms with Gasteiger partial charge in [0.1, 0.15) is 18.1 Å². The zero-order valence-electron chi connectivity index (χ0n) is 21.4. The van der Waals surface area contributed by atoms with Crippen LogP contribution in [0.5, 0.6) is 0 Å². The number of hydrogen-bond donors (Lipinski definition) is 9. The smallest absolute Gasteiger partial charge is 0.326 e. The van der Waals surface area contributed by atoms with Crippen LogP contribution in [-0.4, -0.2) is 83.1 Å². The molecule has 37 heavy (non-hydrogen) atoms. The summed E-state index contributed by atoms with van der Waals surface area (Å²) in [6.07, 6.45) is 1.41. The molecule has 0 aromatic rings. The zero-order valence-corrected chi connectivity index (χ0v) is 21.4. The Kier molecular flexibility index (Phi) is 16.2. The molecule has 0 rings (SSSR count). The van der Waals surface area contributed by atoms with E-state index in [9.17, 15) is 29.1 Å². The average Bonchev–Trinajstić information content (AvgIpc) is 2.79. The normalized spacial score (nSPS) is 14.1. The van der Waals surface area contributed by atoms with Gasteiger partial charge in [-0.3, -0.25) is 24.2 Å². The van der Waals surface area contributed by atoms with Gasteiger partial charge in [-0.05, 0) is 44.6 Å². The molecule has 13 N–H and O–H groups in total. The quantitative estimate of drug-likeness (QED) is 0.0480. The number of nitrogens with zero attached hydrogens (tertiary/aromatic N) is 1. The Morgan fingerprint density at radius 1 is 0.811 bits per heavy atom. The summed E-state index contributed by atoms with van der Waals surface area (Å²) in [5, 5.41) is 25.4. The molecule has 0 aliphatic heterocycles. The lowest BCUT2D eigenvalue weighted by Crippen LogP contribution is -2.57. The first-order chi connectivity index (χ1) is 17.3. The molecule has 4 unspecified atom stereocenters. The monoisotopic (exact) mass is 530 g/mol. The molecule has 4 atom stereocenters. The molecule has 212 valence electrons. The van der Waals surface area contributed by atoms with Crippen LogP contribution >= 0.6 is 0 Å². The fourth-order valence-electron chi connectivity index (χ4n) is 3.31. The van der Waals surface area contributed by atoms with Gasteiger partial charge in [-0.1, -0.05) is 20.3 Å². The lowest BCUT2D eigenvalue weighted by molar-refractivity contribution is -0.147. The van der Waals surface area contributed by atoms with Crippen LogP contribution in [0.3, 0.4) is 0 Å². The lowest BCUT2D eigenvalue weighted by Gasteiger charge is -2.26. The summed E-state index contributed by atoms with van der Waals surface area (Å²) < 4.78 is 0. The lowest BCUT2D eigenvalue weighted by atomic mass is 10.0. The number of aliphatic carboxylic acids is 2. The number of nitrogens with two attached hydrogens (primary N) is 4. The van der Waals surface area contributed by atoms with Gasteiger partial charge in [-0.2, -0.15) is 0 Å². The van der Waals surface area contributed by atoms with Gasteiger partial charge in [-0.15, -0.1) is 0 Å². The molecular formula is C22H42N8O7. The van der Waals surface area contributed by atoms with Crippen LogP contribution in [0.25, 0.3) is 0 Å². The number of amides is 3. The third kappa shape index (κ3) is 15.3. The maximum atomic E-state index is 13.1. The molecule has 15 nitrogen and oxygen atoms in total. The second kappa shape index (κ2) is 17.9. The van der Waals surface area contributed by atoms with E-state index in [-0.39, 0.29) is 31.3 Å². The van der Waals surface area contributed by atoms with Crippen molar-refractivity contribution in [2.24, 2.45) is 33.8 Å². The molecular weight excluding hydrogens is 488 g/mol. The van der Waals surface area contributed by atoms with E-state index in [0.717, 1.165) is 0 Å². The van der Waals surface area contributed by atoms with Crippen LogP contribution in [0.4, 0.5) is 0 Å². The summed E-state index contributed by atoms with van der Waals surface area (Å²) in [6, 6.07) is -4.82. The number of rotatable bonds is 19. The molecule has 0 aromatic heterocycles. The van der Waals surface area contributed by atoms with Crippen LogP contribution in [0, 0.1) is 5.92 Å². The maximum absolute atomic E-state index is 13.1. The second-order valence-electron chi connectivity index (χ2n) is 9.09. The van der Waals surface area contributed by atoms with Crippen molar-refractivity contribution in [2.45, 2.75) is 83.0 Å². The number of guanidine groups is 1. The summed E-state index contributed by atoms with van der Waals surface area (Å²) in [4.78, 5) is 64.7. The summed E-state index contributed by atoms with van der Waals surface area (Å²) in [7, 11) is 0. The Morgan fingerprint density at radius 2 is 1.38 bits per heavy atom. The molecule has 0 aliphatic carbocycles. The molecule has 0 bridgehead atoms. The van der Waals surface area contributed by atoms with Crippen molar-refractivity contribution in [1.29, 1.82) is 0 Å². The SMILES string of the molecule is CC(C)CC(NC(=O)C(CCCN=C(N)N)NC(=O)C(N)CCCCN)C(=O)NC(CC(=O)O)C(=O)O. The first kappa shape index (κ1) is 33.5. The molecule has 0 aliphatic rings. The predicted octanol–water partition coefficient (Wildman–Crippen LogP) is -2.44. The van der Waals surface area contributed by atoms with Crippen LogP contribution in [-0.2, 0) is 24.0 Å². The highest BCUT2D eigenvalue weighted by atomic mass is 16.4. The van der Waals surface area contributed by atoms with Crippen molar-refractivity contribution in [3.05, 3.63) is 0 Å². The summed E-state index contributed by atoms with van der Waals surface area (Å²) in [5.41, 5.74) is 22.0. The van der Waals surface area contributed by atoms with Crippen LogP contribution in [0.15, 0.2) is 4.99 Å². The number of carboxylic acid groups (broad SMARTS) is 2. The maximum Gasteiger partial charge on any atom is 0.326 e. The van der Waals surface area contributed by atoms with Crippen molar-refractivity contribution < 1.29 is 34.2 Å². The Hall–Kier alpha value is -3.46. The van der Waals surface area contributed by atoms with E-state index in [1.807, 2.05) is 0 Å². The van der Waals surface area contributed by atoms with Crippen molar-refractivity contribution in [3.8, 4) is 0 Å². The number of unbranched alkanes of at least 4 members (excludes halogenated alkanes) is 1. The number of nitrogens with one attached hydrogen (secondary N) is 3. The standard InChI is InChI=1S/C22H42N8O7/c1-12(2)10-15(20(35)30-16(21(36)37)11-17(31)32)29-19(34)14(7-5-9-27-22(25)26)28-18(33)13(24)6-3-4-8-23/h12-16H,3-11,23-24H2,1-2H3,(H,28,33)(H,29,34)(H,30,35)(H,31,32)(H,36,37)(H4,25,26,27). The Labute approximate surface area is 216 Å². The van der Waals surface area contributed by atoms with Gasteiger partial charge in [0.25, 0.3) is 0 Å². The van der Waals surface area contributed by atoms with Crippen LogP contribution in [0.1, 0.15) is 58.8 Å². The van der Waals surface area contributed by atoms with Crippen molar-refractivity contribution >= 4 is 35.6 Å². The van der Waals surface area contributed by atoms with Crippen molar-refractivity contribution in [2.75, 3.05) is 13.1 Å². The van der Waals surface area contributed by atoms with E-state index in [2.05, 4.69) is 20.9 Å². The Bertz CT molecular complexity index is 802. The molecule has 0 fully saturated rings. The van der Waals surface area contributed by atoms with Crippen molar-refractivity contribution in [3.63, 3.8) is 0 Å². The van der Waals surface area contributed by atoms with Gasteiger partial charge in [0.15, 0.2) is 5.96 Å². The van der Waals surface area contributed by atoms with E-state index in [4.69, 9.17) is 28.0 Å². The number of carbonyl (C=O) groups is 5. The minimum Gasteiger partial charge on any atom is -0.481 e. The third-order valence-corrected chi connectivity index (χ3v) is 5.22. The van der Waals surface area contributed by atoms with Crippen LogP contribution < -0.4 is 38.9 Å². The minimum atomic E-state index is -1.68. The number of carboxylic acids is 2. The molecule has 0 heterocycles. The molecule has 3 amide bonds. The van der Waals surface area contributed by atoms with E-state index in [1.54, 1.807) is 13.8 Å². The summed E-state index contributed by atoms with van der Waals surface area (Å²) in [5.74, 6) is -5.28. The molecule has 0 spiro atoms. The molecule has 0 aromatic carbocycles. The molecule has 15 heteroatoms. The first-order valence-electron chi connectivity index (χ1n) is 12.1. The fourth-order valence-corrected chi connectivity index (χ4v) is 3.31. The van der Waals surface area contributed by atoms with Crippen molar-refractivity contribution in [1.82, 2.24) is 16.0 Å². The molecule has 0 saturated carbocycles. The van der Waals surface area contributed by atoms with Gasteiger partial charge in [-0.25, -0.2) is 4.79 Å². The van der Waals surface area contributed by atoms with E-state index < -0.39 is 60.2 Å². The topological polar surface area (TPSA) is 278 Å².